The number of halogens is 2. The predicted octanol–water partition coefficient (Wildman–Crippen LogP) is 5.35. The Morgan fingerprint density at radius 2 is 1.44 bits per heavy atom. The van der Waals surface area contributed by atoms with Crippen molar-refractivity contribution in [3.05, 3.63) is 105 Å². The number of nitrogens with one attached hydrogen (secondary N) is 2. The van der Waals surface area contributed by atoms with Crippen LogP contribution in [-0.4, -0.2) is 57.0 Å². The number of ether oxygens (including phenoxy) is 1. The van der Waals surface area contributed by atoms with Gasteiger partial charge in [-0.3, -0.25) is 9.20 Å². The third-order valence-electron chi connectivity index (χ3n) is 7.30. The van der Waals surface area contributed by atoms with E-state index in [0.29, 0.717) is 59.0 Å². The van der Waals surface area contributed by atoms with Gasteiger partial charge in [0.15, 0.2) is 0 Å². The Labute approximate surface area is 271 Å². The van der Waals surface area contributed by atoms with E-state index in [1.54, 1.807) is 33.4 Å². The summed E-state index contributed by atoms with van der Waals surface area (Å²) in [5.74, 6) is 0.472. The lowest BCUT2D eigenvalue weighted by Crippen LogP contribution is -2.28. The van der Waals surface area contributed by atoms with Gasteiger partial charge in [0, 0.05) is 72.0 Å². The Bertz CT molecular complexity index is 1880. The lowest BCUT2D eigenvalue weighted by atomic mass is 9.97. The monoisotopic (exact) mass is 647 g/mol. The summed E-state index contributed by atoms with van der Waals surface area (Å²) in [5.41, 5.74) is 6.11. The second-order valence-electron chi connectivity index (χ2n) is 10.9. The van der Waals surface area contributed by atoms with Gasteiger partial charge in [0.25, 0.3) is 5.56 Å². The summed E-state index contributed by atoms with van der Waals surface area (Å²) in [5, 5.41) is 26.3. The minimum atomic E-state index is -0.511. The number of pyridine rings is 2. The number of hydrogen-bond acceptors (Lipinski definition) is 8. The summed E-state index contributed by atoms with van der Waals surface area (Å²) in [6, 6.07) is 18.9. The smallest absolute Gasteiger partial charge is 0.262 e. The van der Waals surface area contributed by atoms with Crippen molar-refractivity contribution in [2.24, 2.45) is 0 Å². The highest BCUT2D eigenvalue weighted by Gasteiger charge is 2.18. The van der Waals surface area contributed by atoms with Gasteiger partial charge in [-0.1, -0.05) is 65.7 Å². The summed E-state index contributed by atoms with van der Waals surface area (Å²) in [4.78, 5) is 22.2. The first-order valence-corrected chi connectivity index (χ1v) is 15.3. The number of aliphatic hydroxyl groups is 2. The molecule has 3 heterocycles. The first-order valence-electron chi connectivity index (χ1n) is 14.6. The van der Waals surface area contributed by atoms with Gasteiger partial charge in [-0.25, -0.2) is 9.97 Å². The number of aromatic nitrogens is 3. The zero-order chi connectivity index (χ0) is 32.1. The van der Waals surface area contributed by atoms with Crippen LogP contribution in [-0.2, 0) is 13.1 Å². The quantitative estimate of drug-likeness (QED) is 0.143. The molecule has 234 valence electrons. The molecule has 0 aliphatic rings. The van der Waals surface area contributed by atoms with Crippen LogP contribution in [0.15, 0.2) is 77.9 Å². The number of benzene rings is 2. The van der Waals surface area contributed by atoms with Gasteiger partial charge in [-0.2, -0.15) is 0 Å². The van der Waals surface area contributed by atoms with E-state index in [0.717, 1.165) is 33.4 Å². The topological polar surface area (TPSA) is 121 Å². The highest BCUT2D eigenvalue weighted by molar-refractivity contribution is 6.39. The normalized spacial score (nSPS) is 12.8. The second kappa shape index (κ2) is 14.5. The highest BCUT2D eigenvalue weighted by atomic mass is 35.5. The molecule has 0 amide bonds. The standard InChI is InChI=1S/C34H35Cl2N5O4/c1-20(42)15-37-17-23-10-11-29(40-33(23)45-3)28-9-5-8-27(32(28)36)26-7-4-6-25(31(26)35)22-12-13-41-30(14-22)39-19-24(34(41)44)18-38-16-21(2)43/h4-14,19-21,37-38,42-43H,15-18H2,1-3H3/t20-,21+/m1/s1. The number of rotatable bonds is 12. The fourth-order valence-corrected chi connectivity index (χ4v) is 5.73. The van der Waals surface area contributed by atoms with Crippen molar-refractivity contribution in [2.75, 3.05) is 20.2 Å². The summed E-state index contributed by atoms with van der Waals surface area (Å²) in [6.45, 7) is 5.04. The summed E-state index contributed by atoms with van der Waals surface area (Å²) in [6.07, 6.45) is 2.28. The minimum Gasteiger partial charge on any atom is -0.481 e. The molecule has 5 rings (SSSR count). The van der Waals surface area contributed by atoms with Gasteiger partial charge < -0.3 is 25.6 Å². The fourth-order valence-electron chi connectivity index (χ4n) is 5.06. The molecule has 5 aromatic rings. The number of fused-ring (bicyclic) bond motifs is 1. The summed E-state index contributed by atoms with van der Waals surface area (Å²) >= 11 is 14.1. The van der Waals surface area contributed by atoms with E-state index >= 15 is 0 Å². The van der Waals surface area contributed by atoms with Gasteiger partial charge in [0.2, 0.25) is 5.88 Å². The van der Waals surface area contributed by atoms with E-state index in [9.17, 15) is 15.0 Å². The van der Waals surface area contributed by atoms with E-state index in [4.69, 9.17) is 32.9 Å². The molecule has 2 aromatic carbocycles. The van der Waals surface area contributed by atoms with Gasteiger partial charge >= 0.3 is 0 Å². The zero-order valence-electron chi connectivity index (χ0n) is 25.2. The van der Waals surface area contributed by atoms with E-state index in [1.807, 2.05) is 60.7 Å². The molecule has 0 radical (unpaired) electrons. The Morgan fingerprint density at radius 1 is 0.844 bits per heavy atom. The average Bonchev–Trinajstić information content (AvgIpc) is 3.02. The molecule has 45 heavy (non-hydrogen) atoms. The van der Waals surface area contributed by atoms with Crippen LogP contribution in [0, 0.1) is 0 Å². The number of nitrogens with zero attached hydrogens (tertiary/aromatic N) is 3. The molecular weight excluding hydrogens is 613 g/mol. The first kappa shape index (κ1) is 32.6. The molecule has 3 aromatic heterocycles. The molecule has 4 N–H and O–H groups in total. The molecule has 2 atom stereocenters. The van der Waals surface area contributed by atoms with E-state index in [1.165, 1.54) is 4.40 Å². The van der Waals surface area contributed by atoms with Crippen LogP contribution in [0.5, 0.6) is 5.88 Å². The Hall–Kier alpha value is -3.83. The van der Waals surface area contributed by atoms with Crippen molar-refractivity contribution in [2.45, 2.75) is 39.1 Å². The van der Waals surface area contributed by atoms with Crippen molar-refractivity contribution >= 4 is 28.8 Å². The van der Waals surface area contributed by atoms with Crippen molar-refractivity contribution in [1.82, 2.24) is 25.0 Å². The van der Waals surface area contributed by atoms with Gasteiger partial charge in [0.1, 0.15) is 5.65 Å². The van der Waals surface area contributed by atoms with Crippen molar-refractivity contribution in [3.8, 4) is 39.4 Å². The maximum Gasteiger partial charge on any atom is 0.262 e. The Balaban J connectivity index is 1.46. The van der Waals surface area contributed by atoms with Gasteiger partial charge in [-0.15, -0.1) is 0 Å². The lowest BCUT2D eigenvalue weighted by Gasteiger charge is -2.15. The maximum atomic E-state index is 13.0. The molecule has 0 aliphatic heterocycles. The van der Waals surface area contributed by atoms with Crippen LogP contribution >= 0.6 is 23.2 Å². The molecule has 0 unspecified atom stereocenters. The number of hydrogen-bond donors (Lipinski definition) is 4. The van der Waals surface area contributed by atoms with Crippen LogP contribution in [0.25, 0.3) is 39.2 Å². The highest BCUT2D eigenvalue weighted by Crippen LogP contribution is 2.42. The van der Waals surface area contributed by atoms with Crippen LogP contribution in [0.4, 0.5) is 0 Å². The molecule has 11 heteroatoms. The summed E-state index contributed by atoms with van der Waals surface area (Å²) < 4.78 is 7.05. The SMILES string of the molecule is COc1nc(-c2cccc(-c3cccc(-c4ccn5c(=O)c(CNC[C@H](C)O)cnc5c4)c3Cl)c2Cl)ccc1CNC[C@@H](C)O. The van der Waals surface area contributed by atoms with Crippen LogP contribution in [0.1, 0.15) is 25.0 Å². The molecule has 0 saturated heterocycles. The first-order chi connectivity index (χ1) is 21.7. The van der Waals surface area contributed by atoms with E-state index in [2.05, 4.69) is 15.6 Å². The largest absolute Gasteiger partial charge is 0.481 e. The predicted molar refractivity (Wildman–Crippen MR) is 179 cm³/mol. The van der Waals surface area contributed by atoms with Gasteiger partial charge in [-0.05, 0) is 37.6 Å². The van der Waals surface area contributed by atoms with Crippen molar-refractivity contribution in [1.29, 1.82) is 0 Å². The second-order valence-corrected chi connectivity index (χ2v) is 11.6. The zero-order valence-corrected chi connectivity index (χ0v) is 26.7. The molecule has 0 spiro atoms. The molecule has 0 fully saturated rings. The molecule has 0 aliphatic carbocycles. The summed E-state index contributed by atoms with van der Waals surface area (Å²) in [7, 11) is 1.57. The lowest BCUT2D eigenvalue weighted by molar-refractivity contribution is 0.190. The molecular formula is C34H35Cl2N5O4. The Kier molecular flexibility index (Phi) is 10.5. The fraction of sp³-hybridized carbons (Fsp3) is 0.265. The van der Waals surface area contributed by atoms with Crippen molar-refractivity contribution < 1.29 is 14.9 Å². The molecule has 9 nitrogen and oxygen atoms in total. The van der Waals surface area contributed by atoms with Crippen molar-refractivity contribution in [3.63, 3.8) is 0 Å². The minimum absolute atomic E-state index is 0.178. The van der Waals surface area contributed by atoms with Gasteiger partial charge in [0.05, 0.1) is 35.1 Å². The number of methoxy groups -OCH3 is 1. The maximum absolute atomic E-state index is 13.0. The third kappa shape index (κ3) is 7.36. The molecule has 0 bridgehead atoms. The van der Waals surface area contributed by atoms with Crippen LogP contribution < -0.4 is 20.9 Å². The van der Waals surface area contributed by atoms with Crippen LogP contribution in [0.2, 0.25) is 10.0 Å². The molecule has 0 saturated carbocycles. The van der Waals surface area contributed by atoms with Crippen LogP contribution in [0.3, 0.4) is 0 Å². The Morgan fingerprint density at radius 3 is 2.09 bits per heavy atom. The number of aliphatic hydroxyl groups excluding tert-OH is 2. The van der Waals surface area contributed by atoms with E-state index in [-0.39, 0.29) is 5.56 Å². The average molecular weight is 649 g/mol. The third-order valence-corrected chi connectivity index (χ3v) is 8.11. The van der Waals surface area contributed by atoms with E-state index < -0.39 is 12.2 Å².